The van der Waals surface area contributed by atoms with Gasteiger partial charge in [-0.05, 0) is 47.7 Å². The molecule has 0 saturated carbocycles. The van der Waals surface area contributed by atoms with E-state index >= 15 is 0 Å². The largest absolute Gasteiger partial charge is 0.423 e. The molecular weight excluding hydrogens is 447 g/mol. The number of carbonyl (C=O) groups excluding carboxylic acids is 1. The van der Waals surface area contributed by atoms with Crippen LogP contribution in [-0.2, 0) is 12.1 Å². The number of amides is 1. The van der Waals surface area contributed by atoms with E-state index in [4.69, 9.17) is 5.73 Å². The number of fused-ring (bicyclic) bond motifs is 1. The van der Waals surface area contributed by atoms with Crippen LogP contribution >= 0.6 is 0 Å². The zero-order valence-electron chi connectivity index (χ0n) is 18.5. The number of carbonyl (C=O) groups is 1. The fourth-order valence-corrected chi connectivity index (χ4v) is 3.88. The highest BCUT2D eigenvalue weighted by Gasteiger charge is 2.55. The van der Waals surface area contributed by atoms with Crippen molar-refractivity contribution in [2.75, 3.05) is 0 Å². The fourth-order valence-electron chi connectivity index (χ4n) is 3.88. The van der Waals surface area contributed by atoms with Crippen LogP contribution in [0.2, 0.25) is 0 Å². The Balaban J connectivity index is 1.75. The van der Waals surface area contributed by atoms with Gasteiger partial charge in [-0.1, -0.05) is 48.5 Å². The number of aryl methyl sites for hydroxylation is 1. The van der Waals surface area contributed by atoms with E-state index < -0.39 is 29.8 Å². The maximum atomic E-state index is 13.3. The van der Waals surface area contributed by atoms with Crippen molar-refractivity contribution in [1.82, 2.24) is 20.0 Å². The Morgan fingerprint density at radius 3 is 2.50 bits per heavy atom. The van der Waals surface area contributed by atoms with Gasteiger partial charge in [-0.2, -0.15) is 13.2 Å². The van der Waals surface area contributed by atoms with E-state index in [1.54, 1.807) is 18.2 Å². The molecule has 0 fully saturated rings. The van der Waals surface area contributed by atoms with Gasteiger partial charge in [0.25, 0.3) is 5.91 Å². The molecule has 0 radical (unpaired) electrons. The van der Waals surface area contributed by atoms with Crippen LogP contribution in [0.15, 0.2) is 54.7 Å². The number of benzene rings is 2. The molecule has 2 aromatic heterocycles. The third-order valence-electron chi connectivity index (χ3n) is 5.85. The zero-order valence-corrected chi connectivity index (χ0v) is 18.5. The van der Waals surface area contributed by atoms with E-state index in [1.165, 1.54) is 11.6 Å². The average molecular weight is 469 g/mol. The summed E-state index contributed by atoms with van der Waals surface area (Å²) >= 11 is 0. The summed E-state index contributed by atoms with van der Waals surface area (Å²) in [5.74, 6) is -0.672. The first-order chi connectivity index (χ1) is 16.0. The highest BCUT2D eigenvalue weighted by molar-refractivity contribution is 6.01. The lowest BCUT2D eigenvalue weighted by atomic mass is 9.95. The molecule has 2 aromatic carbocycles. The van der Waals surface area contributed by atoms with Gasteiger partial charge < -0.3 is 10.8 Å². The summed E-state index contributed by atoms with van der Waals surface area (Å²) in [6.07, 6.45) is -4.40. The Morgan fingerprint density at radius 2 is 1.85 bits per heavy atom. The molecule has 4 aromatic rings. The first-order valence-corrected chi connectivity index (χ1v) is 10.5. The average Bonchev–Trinajstić information content (AvgIpc) is 3.26. The summed E-state index contributed by atoms with van der Waals surface area (Å²) in [6, 6.07) is 14.7. The minimum absolute atomic E-state index is 0.0861. The molecule has 0 aliphatic carbocycles. The lowest BCUT2D eigenvalue weighted by Gasteiger charge is -2.26. The number of halogens is 3. The van der Waals surface area contributed by atoms with Crippen molar-refractivity contribution in [2.24, 2.45) is 5.73 Å². The number of alkyl halides is 3. The Labute approximate surface area is 193 Å². The van der Waals surface area contributed by atoms with Gasteiger partial charge in [0.1, 0.15) is 11.4 Å². The van der Waals surface area contributed by atoms with E-state index in [-0.39, 0.29) is 12.2 Å². The maximum Gasteiger partial charge on any atom is 0.423 e. The van der Waals surface area contributed by atoms with Crippen molar-refractivity contribution in [3.63, 3.8) is 0 Å². The van der Waals surface area contributed by atoms with Gasteiger partial charge in [0.2, 0.25) is 5.60 Å². The smallest absolute Gasteiger partial charge is 0.375 e. The molecule has 3 N–H and O–H groups in total. The van der Waals surface area contributed by atoms with Crippen LogP contribution in [0.4, 0.5) is 13.2 Å². The second-order valence-corrected chi connectivity index (χ2v) is 8.10. The normalized spacial score (nSPS) is 13.7. The summed E-state index contributed by atoms with van der Waals surface area (Å²) in [4.78, 5) is 16.3. The van der Waals surface area contributed by atoms with Gasteiger partial charge in [-0.25, -0.2) is 9.67 Å². The maximum absolute atomic E-state index is 13.3. The molecule has 0 bridgehead atoms. The van der Waals surface area contributed by atoms with Gasteiger partial charge in [-0.3, -0.25) is 4.79 Å². The number of pyridine rings is 1. The van der Waals surface area contributed by atoms with E-state index in [0.717, 1.165) is 28.3 Å². The van der Waals surface area contributed by atoms with Crippen molar-refractivity contribution < 1.29 is 23.1 Å². The number of nitrogens with zero attached hydrogens (tertiary/aromatic N) is 4. The lowest BCUT2D eigenvalue weighted by molar-refractivity contribution is -0.269. The Kier molecular flexibility index (Phi) is 5.86. The quantitative estimate of drug-likeness (QED) is 0.442. The van der Waals surface area contributed by atoms with Crippen molar-refractivity contribution in [3.05, 3.63) is 77.2 Å². The molecular formula is C24H22F3N5O2. The molecule has 7 nitrogen and oxygen atoms in total. The lowest BCUT2D eigenvalue weighted by Crippen LogP contribution is -2.42. The third kappa shape index (κ3) is 4.12. The second-order valence-electron chi connectivity index (χ2n) is 8.10. The third-order valence-corrected chi connectivity index (χ3v) is 5.85. The Morgan fingerprint density at radius 1 is 1.12 bits per heavy atom. The predicted molar refractivity (Wildman–Crippen MR) is 120 cm³/mol. The van der Waals surface area contributed by atoms with Crippen LogP contribution in [0, 0.1) is 6.92 Å². The van der Waals surface area contributed by atoms with Crippen molar-refractivity contribution in [3.8, 4) is 11.1 Å². The molecule has 176 valence electrons. The fraction of sp³-hybridized carbons (Fsp3) is 0.250. The summed E-state index contributed by atoms with van der Waals surface area (Å²) < 4.78 is 41.2. The standard InChI is InChI=1S/C24H22F3N5O2/c1-3-23(34,24(25,26)27)21-13-32(31-30-21)12-15-8-9-17-18(16-7-5-4-6-14(16)2)11-20(22(28)33)29-19(17)10-15/h4-11,13,34H,3,12H2,1-2H3,(H2,28,33)/t23-/m1/s1. The van der Waals surface area contributed by atoms with Gasteiger partial charge in [0, 0.05) is 5.39 Å². The highest BCUT2D eigenvalue weighted by Crippen LogP contribution is 2.40. The topological polar surface area (TPSA) is 107 Å². The van der Waals surface area contributed by atoms with Crippen LogP contribution in [0.25, 0.3) is 22.0 Å². The summed E-state index contributed by atoms with van der Waals surface area (Å²) in [5.41, 5.74) is 5.87. The number of hydrogen-bond acceptors (Lipinski definition) is 5. The number of primary amides is 1. The number of aliphatic hydroxyl groups is 1. The summed E-state index contributed by atoms with van der Waals surface area (Å²) in [5, 5.41) is 18.2. The minimum atomic E-state index is -4.88. The van der Waals surface area contributed by atoms with Gasteiger partial charge in [0.15, 0.2) is 0 Å². The zero-order chi connectivity index (χ0) is 24.7. The van der Waals surface area contributed by atoms with Gasteiger partial charge in [0.05, 0.1) is 18.3 Å². The minimum Gasteiger partial charge on any atom is -0.375 e. The molecule has 4 rings (SSSR count). The van der Waals surface area contributed by atoms with Crippen LogP contribution in [0.3, 0.4) is 0 Å². The van der Waals surface area contributed by atoms with E-state index in [9.17, 15) is 23.1 Å². The van der Waals surface area contributed by atoms with Gasteiger partial charge >= 0.3 is 6.18 Å². The Hall–Kier alpha value is -3.79. The molecule has 10 heteroatoms. The molecule has 0 aliphatic rings. The van der Waals surface area contributed by atoms with E-state index in [0.29, 0.717) is 11.1 Å². The SMILES string of the molecule is CC[C@@](O)(c1cn(Cc2ccc3c(-c4ccccc4C)cc(C(N)=O)nc3c2)nn1)C(F)(F)F. The van der Waals surface area contributed by atoms with Crippen molar-refractivity contribution in [1.29, 1.82) is 0 Å². The molecule has 1 atom stereocenters. The number of rotatable bonds is 6. The van der Waals surface area contributed by atoms with E-state index in [1.807, 2.05) is 37.3 Å². The van der Waals surface area contributed by atoms with Crippen LogP contribution in [0.1, 0.15) is 40.7 Å². The highest BCUT2D eigenvalue weighted by atomic mass is 19.4. The molecule has 0 unspecified atom stereocenters. The summed E-state index contributed by atoms with van der Waals surface area (Å²) in [6.45, 7) is 3.27. The van der Waals surface area contributed by atoms with Crippen molar-refractivity contribution in [2.45, 2.75) is 38.6 Å². The van der Waals surface area contributed by atoms with E-state index in [2.05, 4.69) is 15.3 Å². The number of hydrogen-bond donors (Lipinski definition) is 2. The van der Waals surface area contributed by atoms with Crippen LogP contribution < -0.4 is 5.73 Å². The van der Waals surface area contributed by atoms with Crippen molar-refractivity contribution >= 4 is 16.8 Å². The predicted octanol–water partition coefficient (Wildman–Crippen LogP) is 4.11. The van der Waals surface area contributed by atoms with Gasteiger partial charge in [-0.15, -0.1) is 5.10 Å². The van der Waals surface area contributed by atoms with Crippen LogP contribution in [0.5, 0.6) is 0 Å². The molecule has 1 amide bonds. The monoisotopic (exact) mass is 469 g/mol. The molecule has 0 aliphatic heterocycles. The number of nitrogens with two attached hydrogens (primary N) is 1. The summed E-state index contributed by atoms with van der Waals surface area (Å²) in [7, 11) is 0. The first kappa shape index (κ1) is 23.4. The Bertz CT molecular complexity index is 1380. The van der Waals surface area contributed by atoms with Crippen LogP contribution in [-0.4, -0.2) is 37.2 Å². The number of aromatic nitrogens is 4. The molecule has 0 saturated heterocycles. The second kappa shape index (κ2) is 8.53. The molecule has 2 heterocycles. The molecule has 0 spiro atoms. The molecule has 34 heavy (non-hydrogen) atoms. The first-order valence-electron chi connectivity index (χ1n) is 10.5.